The zero-order valence-electron chi connectivity index (χ0n) is 15.1. The van der Waals surface area contributed by atoms with Gasteiger partial charge in [0.25, 0.3) is 0 Å². The standard InChI is InChI=1S/C21H24N2O3/c1-14-8-10-17(11-9-14)22-20(24)19(16-6-4-3-5-7-16)23-12-15(2)18(13-23)21(25)26/h3-11,15,18-19H,12-13H2,1-2H3,(H,22,24)(H,25,26)/t15-,18-,19?/m1/s1. The molecule has 1 heterocycles. The second-order valence-corrected chi connectivity index (χ2v) is 7.04. The summed E-state index contributed by atoms with van der Waals surface area (Å²) in [6.07, 6.45) is 0. The molecule has 0 aromatic heterocycles. The van der Waals surface area contributed by atoms with Gasteiger partial charge in [0.2, 0.25) is 5.91 Å². The van der Waals surface area contributed by atoms with Crippen molar-refractivity contribution in [3.63, 3.8) is 0 Å². The highest BCUT2D eigenvalue weighted by Gasteiger charge is 2.40. The van der Waals surface area contributed by atoms with Crippen LogP contribution in [0.5, 0.6) is 0 Å². The molecular formula is C21H24N2O3. The third kappa shape index (κ3) is 3.94. The van der Waals surface area contributed by atoms with Crippen LogP contribution in [0.2, 0.25) is 0 Å². The summed E-state index contributed by atoms with van der Waals surface area (Å²) in [5, 5.41) is 12.4. The third-order valence-electron chi connectivity index (χ3n) is 5.01. The molecule has 1 saturated heterocycles. The number of amides is 1. The Labute approximate surface area is 153 Å². The topological polar surface area (TPSA) is 69.6 Å². The van der Waals surface area contributed by atoms with Crippen LogP contribution in [0.25, 0.3) is 0 Å². The van der Waals surface area contributed by atoms with Gasteiger partial charge in [-0.1, -0.05) is 55.0 Å². The second-order valence-electron chi connectivity index (χ2n) is 7.04. The van der Waals surface area contributed by atoms with Crippen molar-refractivity contribution in [1.29, 1.82) is 0 Å². The van der Waals surface area contributed by atoms with Crippen LogP contribution in [0, 0.1) is 18.8 Å². The van der Waals surface area contributed by atoms with Crippen LogP contribution >= 0.6 is 0 Å². The van der Waals surface area contributed by atoms with Crippen molar-refractivity contribution in [1.82, 2.24) is 4.90 Å². The maximum atomic E-state index is 13.1. The molecule has 1 aliphatic rings. The minimum atomic E-state index is -0.800. The summed E-state index contributed by atoms with van der Waals surface area (Å²) >= 11 is 0. The quantitative estimate of drug-likeness (QED) is 0.866. The number of benzene rings is 2. The van der Waals surface area contributed by atoms with Gasteiger partial charge in [-0.3, -0.25) is 14.5 Å². The van der Waals surface area contributed by atoms with E-state index in [9.17, 15) is 14.7 Å². The number of rotatable bonds is 5. The molecule has 2 aromatic carbocycles. The molecular weight excluding hydrogens is 328 g/mol. The highest BCUT2D eigenvalue weighted by Crippen LogP contribution is 2.32. The Morgan fingerprint density at radius 2 is 1.73 bits per heavy atom. The molecule has 136 valence electrons. The number of nitrogens with one attached hydrogen (secondary N) is 1. The van der Waals surface area contributed by atoms with Crippen LogP contribution in [0.3, 0.4) is 0 Å². The van der Waals surface area contributed by atoms with Gasteiger partial charge in [-0.2, -0.15) is 0 Å². The van der Waals surface area contributed by atoms with Gasteiger partial charge in [-0.15, -0.1) is 0 Å². The first kappa shape index (κ1) is 18.1. The summed E-state index contributed by atoms with van der Waals surface area (Å²) in [4.78, 5) is 26.5. The molecule has 1 unspecified atom stereocenters. The molecule has 5 heteroatoms. The number of aryl methyl sites for hydroxylation is 1. The van der Waals surface area contributed by atoms with Crippen molar-refractivity contribution in [2.75, 3.05) is 18.4 Å². The number of aliphatic carboxylic acids is 1. The normalized spacial score (nSPS) is 21.3. The molecule has 2 N–H and O–H groups in total. The first-order valence-corrected chi connectivity index (χ1v) is 8.85. The average molecular weight is 352 g/mol. The number of nitrogens with zero attached hydrogens (tertiary/aromatic N) is 1. The Kier molecular flexibility index (Phi) is 5.38. The minimum Gasteiger partial charge on any atom is -0.481 e. The fraction of sp³-hybridized carbons (Fsp3) is 0.333. The van der Waals surface area contributed by atoms with E-state index < -0.39 is 17.9 Å². The number of likely N-dealkylation sites (tertiary alicyclic amines) is 1. The number of carboxylic acids is 1. The van der Waals surface area contributed by atoms with E-state index in [1.165, 1.54) is 0 Å². The first-order valence-electron chi connectivity index (χ1n) is 8.85. The van der Waals surface area contributed by atoms with Crippen LogP contribution in [-0.4, -0.2) is 35.0 Å². The number of anilines is 1. The van der Waals surface area contributed by atoms with E-state index in [0.29, 0.717) is 13.1 Å². The average Bonchev–Trinajstić information content (AvgIpc) is 2.99. The van der Waals surface area contributed by atoms with Crippen molar-refractivity contribution in [2.45, 2.75) is 19.9 Å². The van der Waals surface area contributed by atoms with Gasteiger partial charge in [0.1, 0.15) is 6.04 Å². The molecule has 0 radical (unpaired) electrons. The predicted molar refractivity (Wildman–Crippen MR) is 101 cm³/mol. The first-order chi connectivity index (χ1) is 12.5. The van der Waals surface area contributed by atoms with Gasteiger partial charge in [0.15, 0.2) is 0 Å². The third-order valence-corrected chi connectivity index (χ3v) is 5.01. The summed E-state index contributed by atoms with van der Waals surface area (Å²) in [6.45, 7) is 4.88. The molecule has 5 nitrogen and oxygen atoms in total. The number of hydrogen-bond acceptors (Lipinski definition) is 3. The van der Waals surface area contributed by atoms with Crippen LogP contribution < -0.4 is 5.32 Å². The van der Waals surface area contributed by atoms with E-state index in [2.05, 4.69) is 5.32 Å². The van der Waals surface area contributed by atoms with E-state index >= 15 is 0 Å². The molecule has 0 saturated carbocycles. The molecule has 1 fully saturated rings. The minimum absolute atomic E-state index is 0.00545. The summed E-state index contributed by atoms with van der Waals surface area (Å²) in [7, 11) is 0. The largest absolute Gasteiger partial charge is 0.481 e. The van der Waals surface area contributed by atoms with Gasteiger partial charge in [0.05, 0.1) is 5.92 Å². The van der Waals surface area contributed by atoms with Crippen molar-refractivity contribution in [3.8, 4) is 0 Å². The number of carbonyl (C=O) groups excluding carboxylic acids is 1. The van der Waals surface area contributed by atoms with Crippen LogP contribution in [0.4, 0.5) is 5.69 Å². The van der Waals surface area contributed by atoms with Crippen molar-refractivity contribution >= 4 is 17.6 Å². The van der Waals surface area contributed by atoms with E-state index in [4.69, 9.17) is 0 Å². The fourth-order valence-electron chi connectivity index (χ4n) is 3.55. The molecule has 0 bridgehead atoms. The number of hydrogen-bond donors (Lipinski definition) is 2. The lowest BCUT2D eigenvalue weighted by Gasteiger charge is -2.27. The van der Waals surface area contributed by atoms with E-state index in [1.54, 1.807) is 0 Å². The molecule has 3 atom stereocenters. The van der Waals surface area contributed by atoms with Gasteiger partial charge in [-0.25, -0.2) is 0 Å². The zero-order chi connectivity index (χ0) is 18.7. The number of carboxylic acid groups (broad SMARTS) is 1. The summed E-state index contributed by atoms with van der Waals surface area (Å²) < 4.78 is 0. The second kappa shape index (κ2) is 7.70. The van der Waals surface area contributed by atoms with Crippen LogP contribution in [0.15, 0.2) is 54.6 Å². The summed E-state index contributed by atoms with van der Waals surface area (Å²) in [5.74, 6) is -1.39. The van der Waals surface area contributed by atoms with E-state index in [1.807, 2.05) is 73.3 Å². The Morgan fingerprint density at radius 1 is 1.08 bits per heavy atom. The van der Waals surface area contributed by atoms with Crippen LogP contribution in [-0.2, 0) is 9.59 Å². The van der Waals surface area contributed by atoms with Gasteiger partial charge >= 0.3 is 5.97 Å². The van der Waals surface area contributed by atoms with Crippen molar-refractivity contribution < 1.29 is 14.7 Å². The lowest BCUT2D eigenvalue weighted by molar-refractivity contribution is -0.142. The summed E-state index contributed by atoms with van der Waals surface area (Å²) in [5.41, 5.74) is 2.74. The van der Waals surface area contributed by atoms with E-state index in [0.717, 1.165) is 16.8 Å². The Bertz CT molecular complexity index is 774. The van der Waals surface area contributed by atoms with E-state index in [-0.39, 0.29) is 11.8 Å². The Hall–Kier alpha value is -2.66. The van der Waals surface area contributed by atoms with Crippen molar-refractivity contribution in [2.24, 2.45) is 11.8 Å². The Balaban J connectivity index is 1.85. The van der Waals surface area contributed by atoms with Gasteiger partial charge in [0, 0.05) is 18.8 Å². The molecule has 0 spiro atoms. The molecule has 2 aromatic rings. The smallest absolute Gasteiger partial charge is 0.308 e. The maximum absolute atomic E-state index is 13.1. The van der Waals surface area contributed by atoms with Gasteiger partial charge < -0.3 is 10.4 Å². The predicted octanol–water partition coefficient (Wildman–Crippen LogP) is 3.33. The molecule has 3 rings (SSSR count). The fourth-order valence-corrected chi connectivity index (χ4v) is 3.55. The maximum Gasteiger partial charge on any atom is 0.308 e. The summed E-state index contributed by atoms with van der Waals surface area (Å²) in [6, 6.07) is 16.7. The Morgan fingerprint density at radius 3 is 2.31 bits per heavy atom. The zero-order valence-corrected chi connectivity index (χ0v) is 15.1. The lowest BCUT2D eigenvalue weighted by Crippen LogP contribution is -2.36. The molecule has 26 heavy (non-hydrogen) atoms. The monoisotopic (exact) mass is 352 g/mol. The molecule has 1 amide bonds. The highest BCUT2D eigenvalue weighted by molar-refractivity contribution is 5.95. The SMILES string of the molecule is Cc1ccc(NC(=O)C(c2ccccc2)N2C[C@@H](C)[C@H](C(=O)O)C2)cc1. The number of carbonyl (C=O) groups is 2. The highest BCUT2D eigenvalue weighted by atomic mass is 16.4. The van der Waals surface area contributed by atoms with Gasteiger partial charge in [-0.05, 0) is 30.5 Å². The molecule has 1 aliphatic heterocycles. The van der Waals surface area contributed by atoms with Crippen LogP contribution in [0.1, 0.15) is 24.1 Å². The molecule has 0 aliphatic carbocycles. The van der Waals surface area contributed by atoms with Crippen molar-refractivity contribution in [3.05, 3.63) is 65.7 Å². The lowest BCUT2D eigenvalue weighted by atomic mass is 9.99.